The summed E-state index contributed by atoms with van der Waals surface area (Å²) in [4.78, 5) is 0. The largest absolute Gasteiger partial charge is 0.380 e. The van der Waals surface area contributed by atoms with Crippen LogP contribution in [0.2, 0.25) is 0 Å². The van der Waals surface area contributed by atoms with Gasteiger partial charge in [0, 0.05) is 0 Å². The van der Waals surface area contributed by atoms with Gasteiger partial charge >= 0.3 is 0 Å². The van der Waals surface area contributed by atoms with Crippen molar-refractivity contribution >= 4 is 10.5 Å². The first-order valence-corrected chi connectivity index (χ1v) is 5.56. The van der Waals surface area contributed by atoms with Crippen LogP contribution >= 0.6 is 0 Å². The van der Waals surface area contributed by atoms with Crippen molar-refractivity contribution < 1.29 is 13.9 Å². The fourth-order valence-corrected chi connectivity index (χ4v) is 0.985. The third kappa shape index (κ3) is 8.43. The van der Waals surface area contributed by atoms with Crippen molar-refractivity contribution in [3.8, 4) is 0 Å². The maximum Gasteiger partial charge on any atom is 0.261 e. The summed E-state index contributed by atoms with van der Waals surface area (Å²) >= 11 is 0. The van der Waals surface area contributed by atoms with Gasteiger partial charge in [0.05, 0.1) is 13.2 Å². The predicted molar refractivity (Wildman–Crippen MR) is 55.1 cm³/mol. The number of hydrogen-bond donors (Lipinski definition) is 0. The van der Waals surface area contributed by atoms with E-state index in [9.17, 15) is 0 Å². The monoisotopic (exact) mass is 205 g/mol. The van der Waals surface area contributed by atoms with Gasteiger partial charge in [-0.15, -0.1) is 0 Å². The van der Waals surface area contributed by atoms with Crippen LogP contribution in [0.3, 0.4) is 0 Å². The molecule has 0 aliphatic heterocycles. The lowest BCUT2D eigenvalue weighted by atomic mass is 10.4. The molecule has 1 radical (unpaired) electrons. The molecule has 0 fully saturated rings. The summed E-state index contributed by atoms with van der Waals surface area (Å²) in [5, 5.41) is 0. The Kier molecular flexibility index (Phi) is 10.3. The first-order chi connectivity index (χ1) is 6.35. The van der Waals surface area contributed by atoms with Crippen LogP contribution in [-0.4, -0.2) is 30.2 Å². The average Bonchev–Trinajstić information content (AvgIpc) is 2.16. The molecule has 13 heavy (non-hydrogen) atoms. The minimum absolute atomic E-state index is 0.462. The summed E-state index contributed by atoms with van der Waals surface area (Å²) in [7, 11) is 1.41. The molecule has 0 saturated heterocycles. The standard InChI is InChI=1S/C9H21O3Si/c1-3-5-7-10-9(12-13)11-8-6-4-2/h9H,3-8,13H2,1-2H3. The van der Waals surface area contributed by atoms with Crippen LogP contribution in [0.4, 0.5) is 0 Å². The molecule has 0 aliphatic rings. The van der Waals surface area contributed by atoms with Gasteiger partial charge in [-0.25, -0.2) is 0 Å². The zero-order valence-corrected chi connectivity index (χ0v) is 10.2. The summed E-state index contributed by atoms with van der Waals surface area (Å²) in [6, 6.07) is 0. The van der Waals surface area contributed by atoms with Gasteiger partial charge in [0.1, 0.15) is 0 Å². The van der Waals surface area contributed by atoms with E-state index in [1.54, 1.807) is 0 Å². The van der Waals surface area contributed by atoms with Crippen LogP contribution in [0, 0.1) is 0 Å². The molecule has 0 heterocycles. The smallest absolute Gasteiger partial charge is 0.261 e. The predicted octanol–water partition coefficient (Wildman–Crippen LogP) is 1.47. The fourth-order valence-electron chi connectivity index (χ4n) is 0.792. The summed E-state index contributed by atoms with van der Waals surface area (Å²) in [5.74, 6) is 0. The number of hydrogen-bond acceptors (Lipinski definition) is 3. The van der Waals surface area contributed by atoms with Gasteiger partial charge < -0.3 is 13.9 Å². The maximum absolute atomic E-state index is 5.34. The van der Waals surface area contributed by atoms with Crippen molar-refractivity contribution in [1.82, 2.24) is 0 Å². The molecule has 4 heteroatoms. The van der Waals surface area contributed by atoms with E-state index >= 15 is 0 Å². The molecule has 0 aromatic rings. The third-order valence-corrected chi connectivity index (χ3v) is 1.91. The highest BCUT2D eigenvalue weighted by molar-refractivity contribution is 5.97. The van der Waals surface area contributed by atoms with Crippen molar-refractivity contribution in [1.29, 1.82) is 0 Å². The first kappa shape index (κ1) is 13.1. The van der Waals surface area contributed by atoms with E-state index in [0.29, 0.717) is 13.2 Å². The van der Waals surface area contributed by atoms with E-state index < -0.39 is 6.48 Å². The summed E-state index contributed by atoms with van der Waals surface area (Å²) < 4.78 is 15.7. The first-order valence-electron chi connectivity index (χ1n) is 4.99. The molecule has 0 atom stereocenters. The minimum Gasteiger partial charge on any atom is -0.380 e. The molecule has 0 saturated carbocycles. The summed E-state index contributed by atoms with van der Waals surface area (Å²) in [6.07, 6.45) is 4.38. The average molecular weight is 205 g/mol. The van der Waals surface area contributed by atoms with Crippen LogP contribution in [0.25, 0.3) is 0 Å². The molecule has 0 amide bonds. The number of unbranched alkanes of at least 4 members (excludes halogenated alkanes) is 2. The van der Waals surface area contributed by atoms with Crippen LogP contribution in [-0.2, 0) is 13.9 Å². The molecule has 79 valence electrons. The van der Waals surface area contributed by atoms with E-state index in [-0.39, 0.29) is 0 Å². The number of rotatable bonds is 9. The van der Waals surface area contributed by atoms with Crippen molar-refractivity contribution in [3.05, 3.63) is 0 Å². The van der Waals surface area contributed by atoms with E-state index in [1.807, 2.05) is 0 Å². The van der Waals surface area contributed by atoms with Crippen LogP contribution in [0.15, 0.2) is 0 Å². The van der Waals surface area contributed by atoms with E-state index in [1.165, 1.54) is 10.5 Å². The summed E-state index contributed by atoms with van der Waals surface area (Å²) in [5.41, 5.74) is 0. The second-order valence-electron chi connectivity index (χ2n) is 2.90. The zero-order valence-electron chi connectivity index (χ0n) is 8.75. The molecule has 0 unspecified atom stereocenters. The Morgan fingerprint density at radius 3 is 1.77 bits per heavy atom. The van der Waals surface area contributed by atoms with E-state index in [2.05, 4.69) is 13.8 Å². The summed E-state index contributed by atoms with van der Waals surface area (Å²) in [6.45, 7) is 5.23. The van der Waals surface area contributed by atoms with Gasteiger partial charge in [0.25, 0.3) is 6.48 Å². The Bertz CT molecular complexity index is 90.9. The SMILES string of the molecule is CCCCOC(O[SiH2])OCCCC. The van der Waals surface area contributed by atoms with Crippen molar-refractivity contribution in [2.45, 2.75) is 46.0 Å². The molecule has 0 spiro atoms. The number of ether oxygens (including phenoxy) is 2. The van der Waals surface area contributed by atoms with Gasteiger partial charge in [0.2, 0.25) is 0 Å². The van der Waals surface area contributed by atoms with Gasteiger partial charge in [-0.2, -0.15) is 0 Å². The highest BCUT2D eigenvalue weighted by Crippen LogP contribution is 2.00. The van der Waals surface area contributed by atoms with Crippen LogP contribution < -0.4 is 0 Å². The lowest BCUT2D eigenvalue weighted by Crippen LogP contribution is -2.21. The molecule has 0 bridgehead atoms. The van der Waals surface area contributed by atoms with Crippen LogP contribution in [0.5, 0.6) is 0 Å². The molecule has 0 aromatic heterocycles. The lowest BCUT2D eigenvalue weighted by molar-refractivity contribution is -0.246. The minimum atomic E-state index is -0.462. The highest BCUT2D eigenvalue weighted by atomic mass is 28.2. The van der Waals surface area contributed by atoms with Gasteiger partial charge in [-0.05, 0) is 12.8 Å². The molecule has 3 nitrogen and oxygen atoms in total. The van der Waals surface area contributed by atoms with Crippen LogP contribution in [0.1, 0.15) is 39.5 Å². The molecular formula is C9H21O3Si. The lowest BCUT2D eigenvalue weighted by Gasteiger charge is -2.16. The Hall–Kier alpha value is 0.0969. The Morgan fingerprint density at radius 2 is 1.46 bits per heavy atom. The Balaban J connectivity index is 3.28. The van der Waals surface area contributed by atoms with Gasteiger partial charge in [-0.1, -0.05) is 26.7 Å². The second kappa shape index (κ2) is 10.2. The van der Waals surface area contributed by atoms with Crippen molar-refractivity contribution in [3.63, 3.8) is 0 Å². The molecule has 0 rings (SSSR count). The second-order valence-corrected chi connectivity index (χ2v) is 3.24. The van der Waals surface area contributed by atoms with Gasteiger partial charge in [-0.3, -0.25) is 0 Å². The topological polar surface area (TPSA) is 27.7 Å². The van der Waals surface area contributed by atoms with Gasteiger partial charge in [0.15, 0.2) is 10.5 Å². The Morgan fingerprint density at radius 1 is 1.00 bits per heavy atom. The normalized spacial score (nSPS) is 11.1. The van der Waals surface area contributed by atoms with Crippen molar-refractivity contribution in [2.75, 3.05) is 13.2 Å². The van der Waals surface area contributed by atoms with E-state index in [0.717, 1.165) is 25.7 Å². The highest BCUT2D eigenvalue weighted by Gasteiger charge is 2.05. The third-order valence-electron chi connectivity index (χ3n) is 1.64. The van der Waals surface area contributed by atoms with E-state index in [4.69, 9.17) is 13.9 Å². The molecule has 0 aromatic carbocycles. The molecular weight excluding hydrogens is 184 g/mol. The molecule has 0 N–H and O–H groups in total. The quantitative estimate of drug-likeness (QED) is 0.324. The fraction of sp³-hybridized carbons (Fsp3) is 1.00. The zero-order chi connectivity index (χ0) is 9.94. The molecule has 0 aliphatic carbocycles. The Labute approximate surface area is 84.3 Å². The maximum atomic E-state index is 5.34. The van der Waals surface area contributed by atoms with Crippen molar-refractivity contribution in [2.24, 2.45) is 0 Å².